The van der Waals surface area contributed by atoms with Gasteiger partial charge in [0.15, 0.2) is 17.3 Å². The van der Waals surface area contributed by atoms with E-state index in [0.29, 0.717) is 46.0 Å². The van der Waals surface area contributed by atoms with Crippen LogP contribution in [0.5, 0.6) is 17.2 Å². The number of methoxy groups -OCH3 is 1. The highest BCUT2D eigenvalue weighted by Crippen LogP contribution is 2.47. The van der Waals surface area contributed by atoms with Crippen LogP contribution in [0.2, 0.25) is 5.02 Å². The first-order valence-corrected chi connectivity index (χ1v) is 13.4. The molecule has 0 saturated heterocycles. The van der Waals surface area contributed by atoms with Crippen molar-refractivity contribution in [1.29, 1.82) is 0 Å². The molecular formula is C32H30ClNO6. The predicted octanol–water partition coefficient (Wildman–Crippen LogP) is 6.04. The van der Waals surface area contributed by atoms with Gasteiger partial charge in [-0.25, -0.2) is 4.79 Å². The average Bonchev–Trinajstić information content (AvgIpc) is 2.95. The number of phenolic OH excluding ortho intramolecular Hbond substituents is 1. The van der Waals surface area contributed by atoms with E-state index in [9.17, 15) is 14.7 Å². The molecule has 206 valence electrons. The summed E-state index contributed by atoms with van der Waals surface area (Å²) in [5.74, 6) is -0.416. The maximum atomic E-state index is 13.8. The Hall–Kier alpha value is -4.23. The van der Waals surface area contributed by atoms with Gasteiger partial charge in [0, 0.05) is 34.3 Å². The molecule has 5 rings (SSSR count). The summed E-state index contributed by atoms with van der Waals surface area (Å²) in [7, 11) is 1.46. The van der Waals surface area contributed by atoms with Gasteiger partial charge in [-0.15, -0.1) is 0 Å². The molecule has 0 unspecified atom stereocenters. The van der Waals surface area contributed by atoms with Crippen LogP contribution in [0.15, 0.2) is 95.3 Å². The van der Waals surface area contributed by atoms with Gasteiger partial charge in [-0.1, -0.05) is 48.0 Å². The molecule has 0 spiro atoms. The van der Waals surface area contributed by atoms with Crippen LogP contribution in [-0.2, 0) is 14.3 Å². The van der Waals surface area contributed by atoms with Gasteiger partial charge in [0.25, 0.3) is 0 Å². The Bertz CT molecular complexity index is 1480. The van der Waals surface area contributed by atoms with Crippen molar-refractivity contribution in [1.82, 2.24) is 5.32 Å². The number of dihydropyridines is 1. The molecule has 7 nitrogen and oxygen atoms in total. The summed E-state index contributed by atoms with van der Waals surface area (Å²) in [6.45, 7) is 2.03. The molecule has 0 saturated carbocycles. The molecule has 2 atom stereocenters. The third kappa shape index (κ3) is 5.70. The monoisotopic (exact) mass is 559 g/mol. The number of hydrogen-bond acceptors (Lipinski definition) is 7. The largest absolute Gasteiger partial charge is 0.504 e. The summed E-state index contributed by atoms with van der Waals surface area (Å²) in [4.78, 5) is 27.3. The lowest BCUT2D eigenvalue weighted by molar-refractivity contribution is -0.140. The van der Waals surface area contributed by atoms with E-state index in [1.165, 1.54) is 13.2 Å². The molecule has 3 aromatic carbocycles. The molecule has 0 amide bonds. The zero-order valence-corrected chi connectivity index (χ0v) is 23.0. The molecule has 1 heterocycles. The lowest BCUT2D eigenvalue weighted by atomic mass is 9.71. The summed E-state index contributed by atoms with van der Waals surface area (Å²) in [6, 6.07) is 21.7. The number of carbonyl (C=O) groups is 2. The fourth-order valence-electron chi connectivity index (χ4n) is 5.38. The summed E-state index contributed by atoms with van der Waals surface area (Å²) in [5, 5.41) is 14.2. The lowest BCUT2D eigenvalue weighted by Gasteiger charge is -2.36. The average molecular weight is 560 g/mol. The fraction of sp³-hybridized carbons (Fsp3) is 0.250. The van der Waals surface area contributed by atoms with E-state index in [2.05, 4.69) is 5.32 Å². The van der Waals surface area contributed by atoms with E-state index >= 15 is 0 Å². The smallest absolute Gasteiger partial charge is 0.336 e. The molecule has 3 aromatic rings. The number of phenols is 1. The van der Waals surface area contributed by atoms with Gasteiger partial charge in [-0.05, 0) is 66.8 Å². The molecule has 0 bridgehead atoms. The Morgan fingerprint density at radius 1 is 1.00 bits per heavy atom. The molecule has 40 heavy (non-hydrogen) atoms. The summed E-state index contributed by atoms with van der Waals surface area (Å²) >= 11 is 6.08. The standard InChI is InChI=1S/C32H30ClNO6/c1-19-29(32(37)40-15-14-39-24-6-4-3-5-7-24)30(21-10-13-26(35)28(18-21)38-2)31-25(34-19)16-22(17-27(31)36)20-8-11-23(33)12-9-20/h3-13,18,22,30,34-35H,14-17H2,1-2H3/t22-,30-/m0/s1. The number of hydrogen-bond donors (Lipinski definition) is 2. The van der Waals surface area contributed by atoms with Gasteiger partial charge in [0.2, 0.25) is 0 Å². The van der Waals surface area contributed by atoms with Gasteiger partial charge in [0.05, 0.1) is 12.7 Å². The van der Waals surface area contributed by atoms with Crippen LogP contribution in [0.1, 0.15) is 42.7 Å². The number of para-hydroxylation sites is 1. The minimum atomic E-state index is -0.688. The second kappa shape index (κ2) is 11.9. The van der Waals surface area contributed by atoms with Crippen LogP contribution < -0.4 is 14.8 Å². The summed E-state index contributed by atoms with van der Waals surface area (Å²) < 4.78 is 16.6. The Labute approximate surface area is 238 Å². The number of rotatable bonds is 8. The van der Waals surface area contributed by atoms with E-state index in [1.807, 2.05) is 61.5 Å². The quantitative estimate of drug-likeness (QED) is 0.257. The lowest BCUT2D eigenvalue weighted by Crippen LogP contribution is -2.36. The van der Waals surface area contributed by atoms with Crippen LogP contribution in [-0.4, -0.2) is 37.2 Å². The zero-order valence-electron chi connectivity index (χ0n) is 22.3. The SMILES string of the molecule is COc1cc([C@H]2C(C(=O)OCCOc3ccccc3)=C(C)NC3=C2C(=O)C[C@@H](c2ccc(Cl)cc2)C3)ccc1O. The van der Waals surface area contributed by atoms with Crippen LogP contribution in [0, 0.1) is 0 Å². The van der Waals surface area contributed by atoms with Crippen molar-refractivity contribution in [3.63, 3.8) is 0 Å². The second-order valence-corrected chi connectivity index (χ2v) is 10.2. The first-order valence-electron chi connectivity index (χ1n) is 13.1. The summed E-state index contributed by atoms with van der Waals surface area (Å²) in [6.07, 6.45) is 0.888. The number of carbonyl (C=O) groups excluding carboxylic acids is 2. The highest BCUT2D eigenvalue weighted by atomic mass is 35.5. The number of nitrogens with one attached hydrogen (secondary N) is 1. The van der Waals surface area contributed by atoms with Gasteiger partial charge in [-0.2, -0.15) is 0 Å². The first-order chi connectivity index (χ1) is 19.4. The molecular weight excluding hydrogens is 530 g/mol. The van der Waals surface area contributed by atoms with E-state index < -0.39 is 11.9 Å². The maximum Gasteiger partial charge on any atom is 0.336 e. The number of ether oxygens (including phenoxy) is 3. The molecule has 0 fully saturated rings. The minimum Gasteiger partial charge on any atom is -0.504 e. The zero-order chi connectivity index (χ0) is 28.2. The minimum absolute atomic E-state index is 0.0255. The maximum absolute atomic E-state index is 13.8. The predicted molar refractivity (Wildman–Crippen MR) is 152 cm³/mol. The van der Waals surface area contributed by atoms with Crippen LogP contribution in [0.3, 0.4) is 0 Å². The van der Waals surface area contributed by atoms with Crippen molar-refractivity contribution in [2.75, 3.05) is 20.3 Å². The molecule has 0 radical (unpaired) electrons. The summed E-state index contributed by atoms with van der Waals surface area (Å²) in [5.41, 5.74) is 3.91. The van der Waals surface area contributed by atoms with Crippen molar-refractivity contribution in [3.8, 4) is 17.2 Å². The Kier molecular flexibility index (Phi) is 8.12. The van der Waals surface area contributed by atoms with Gasteiger partial charge >= 0.3 is 5.97 Å². The van der Waals surface area contributed by atoms with E-state index in [1.54, 1.807) is 12.1 Å². The van der Waals surface area contributed by atoms with Crippen LogP contribution in [0.4, 0.5) is 0 Å². The van der Waals surface area contributed by atoms with Crippen molar-refractivity contribution in [2.45, 2.75) is 31.6 Å². The molecule has 1 aliphatic carbocycles. The number of ketones is 1. The molecule has 1 aliphatic heterocycles. The number of Topliss-reactive ketones (excluding diaryl/α,β-unsaturated/α-hetero) is 1. The Morgan fingerprint density at radius 3 is 2.45 bits per heavy atom. The Balaban J connectivity index is 1.45. The van der Waals surface area contributed by atoms with Crippen LogP contribution in [0.25, 0.3) is 0 Å². The highest BCUT2D eigenvalue weighted by molar-refractivity contribution is 6.30. The van der Waals surface area contributed by atoms with Crippen molar-refractivity contribution in [2.24, 2.45) is 0 Å². The van der Waals surface area contributed by atoms with Crippen LogP contribution >= 0.6 is 11.6 Å². The third-order valence-corrected chi connectivity index (χ3v) is 7.51. The van der Waals surface area contributed by atoms with Crippen molar-refractivity contribution < 1.29 is 28.9 Å². The number of halogens is 1. The highest BCUT2D eigenvalue weighted by Gasteiger charge is 2.41. The van der Waals surface area contributed by atoms with Crippen molar-refractivity contribution in [3.05, 3.63) is 111 Å². The molecule has 2 aliphatic rings. The van der Waals surface area contributed by atoms with Gasteiger partial charge in [0.1, 0.15) is 19.0 Å². The van der Waals surface area contributed by atoms with E-state index in [4.69, 9.17) is 25.8 Å². The molecule has 0 aromatic heterocycles. The normalized spacial score (nSPS) is 18.6. The van der Waals surface area contributed by atoms with Crippen molar-refractivity contribution >= 4 is 23.4 Å². The number of allylic oxidation sites excluding steroid dienone is 3. The second-order valence-electron chi connectivity index (χ2n) is 9.80. The number of esters is 1. The first kappa shape index (κ1) is 27.3. The topological polar surface area (TPSA) is 94.1 Å². The Morgan fingerprint density at radius 2 is 1.73 bits per heavy atom. The van der Waals surface area contributed by atoms with Gasteiger partial charge in [-0.3, -0.25) is 4.79 Å². The molecule has 2 N–H and O–H groups in total. The number of benzene rings is 3. The van der Waals surface area contributed by atoms with E-state index in [0.717, 1.165) is 11.3 Å². The number of aromatic hydroxyl groups is 1. The van der Waals surface area contributed by atoms with E-state index in [-0.39, 0.29) is 36.4 Å². The fourth-order valence-corrected chi connectivity index (χ4v) is 5.50. The van der Waals surface area contributed by atoms with Gasteiger partial charge < -0.3 is 24.6 Å². The third-order valence-electron chi connectivity index (χ3n) is 7.25. The molecule has 8 heteroatoms.